The van der Waals surface area contributed by atoms with E-state index in [0.29, 0.717) is 0 Å². The lowest BCUT2D eigenvalue weighted by molar-refractivity contribution is -0.153. The molecule has 3 N–H and O–H groups in total. The molecule has 0 heterocycles. The van der Waals surface area contributed by atoms with Crippen LogP contribution in [0.1, 0.15) is 6.92 Å². The summed E-state index contributed by atoms with van der Waals surface area (Å²) in [5.41, 5.74) is 5.50. The lowest BCUT2D eigenvalue weighted by Crippen LogP contribution is -2.32. The Labute approximate surface area is 114 Å². The molecule has 4 nitrogen and oxygen atoms in total. The van der Waals surface area contributed by atoms with Gasteiger partial charge in [-0.15, -0.1) is 12.4 Å². The van der Waals surface area contributed by atoms with Gasteiger partial charge in [-0.05, 0) is 19.1 Å². The Kier molecular flexibility index (Phi) is 6.64. The summed E-state index contributed by atoms with van der Waals surface area (Å²) in [6.45, 7) is 0.0482. The molecule has 0 unspecified atom stereocenters. The third kappa shape index (κ3) is 6.30. The Morgan fingerprint density at radius 3 is 2.53 bits per heavy atom. The van der Waals surface area contributed by atoms with Gasteiger partial charge >= 0.3 is 6.18 Å². The summed E-state index contributed by atoms with van der Waals surface area (Å²) in [4.78, 5) is 11.4. The van der Waals surface area contributed by atoms with Gasteiger partial charge in [0.1, 0.15) is 5.75 Å². The third-order valence-electron chi connectivity index (χ3n) is 1.95. The predicted octanol–water partition coefficient (Wildman–Crippen LogP) is 2.34. The van der Waals surface area contributed by atoms with Crippen LogP contribution in [0.3, 0.4) is 0 Å². The summed E-state index contributed by atoms with van der Waals surface area (Å²) in [7, 11) is 0. The van der Waals surface area contributed by atoms with Gasteiger partial charge < -0.3 is 15.8 Å². The van der Waals surface area contributed by atoms with Crippen LogP contribution in [0.2, 0.25) is 0 Å². The molecular formula is C11H14ClF3N2O2. The first-order valence-electron chi connectivity index (χ1n) is 5.14. The summed E-state index contributed by atoms with van der Waals surface area (Å²) in [5.74, 6) is -0.554. The van der Waals surface area contributed by atoms with Gasteiger partial charge in [0, 0.05) is 0 Å². The van der Waals surface area contributed by atoms with E-state index in [1.165, 1.54) is 25.1 Å². The highest BCUT2D eigenvalue weighted by atomic mass is 35.5. The zero-order valence-corrected chi connectivity index (χ0v) is 10.8. The van der Waals surface area contributed by atoms with E-state index in [-0.39, 0.29) is 23.8 Å². The van der Waals surface area contributed by atoms with Crippen molar-refractivity contribution in [2.75, 3.05) is 11.9 Å². The highest BCUT2D eigenvalue weighted by Crippen LogP contribution is 2.26. The number of nitrogens with one attached hydrogen (secondary N) is 1. The van der Waals surface area contributed by atoms with Crippen molar-refractivity contribution in [1.82, 2.24) is 0 Å². The summed E-state index contributed by atoms with van der Waals surface area (Å²) in [5, 5.41) is 2.39. The summed E-state index contributed by atoms with van der Waals surface area (Å²) in [6, 6.07) is 5.08. The number of benzene rings is 1. The normalized spacial score (nSPS) is 12.3. The summed E-state index contributed by atoms with van der Waals surface area (Å²) >= 11 is 0. The van der Waals surface area contributed by atoms with Crippen molar-refractivity contribution in [3.8, 4) is 5.75 Å². The Balaban J connectivity index is 0.00000324. The molecule has 108 valence electrons. The number of hydrogen-bond donors (Lipinski definition) is 2. The molecule has 0 saturated heterocycles. The number of carbonyl (C=O) groups is 1. The molecule has 0 aliphatic rings. The number of alkyl halides is 3. The molecule has 1 aromatic rings. The SMILES string of the molecule is C[C@@H](N)C(=O)Nc1ccccc1OCC(F)(F)F.Cl. The van der Waals surface area contributed by atoms with Crippen molar-refractivity contribution in [2.45, 2.75) is 19.1 Å². The summed E-state index contributed by atoms with van der Waals surface area (Å²) < 4.78 is 40.7. The van der Waals surface area contributed by atoms with Gasteiger partial charge in [-0.2, -0.15) is 13.2 Å². The van der Waals surface area contributed by atoms with Crippen LogP contribution in [-0.4, -0.2) is 24.7 Å². The average molecular weight is 299 g/mol. The fourth-order valence-corrected chi connectivity index (χ4v) is 1.10. The van der Waals surface area contributed by atoms with E-state index in [9.17, 15) is 18.0 Å². The monoisotopic (exact) mass is 298 g/mol. The van der Waals surface area contributed by atoms with E-state index in [0.717, 1.165) is 0 Å². The van der Waals surface area contributed by atoms with Crippen molar-refractivity contribution in [2.24, 2.45) is 5.73 Å². The molecule has 0 aromatic heterocycles. The highest BCUT2D eigenvalue weighted by Gasteiger charge is 2.28. The minimum Gasteiger partial charge on any atom is -0.482 e. The Morgan fingerprint density at radius 2 is 2.00 bits per heavy atom. The van der Waals surface area contributed by atoms with E-state index in [1.807, 2.05) is 0 Å². The molecule has 0 radical (unpaired) electrons. The smallest absolute Gasteiger partial charge is 0.422 e. The standard InChI is InChI=1S/C11H13F3N2O2.ClH/c1-7(15)10(17)16-8-4-2-3-5-9(8)18-6-11(12,13)14;/h2-5,7H,6,15H2,1H3,(H,16,17);1H/t7-;/m1./s1. The predicted molar refractivity (Wildman–Crippen MR) is 67.5 cm³/mol. The molecule has 0 saturated carbocycles. The quantitative estimate of drug-likeness (QED) is 0.897. The van der Waals surface area contributed by atoms with Gasteiger partial charge in [0.25, 0.3) is 0 Å². The van der Waals surface area contributed by atoms with E-state index < -0.39 is 24.7 Å². The van der Waals surface area contributed by atoms with Crippen molar-refractivity contribution >= 4 is 24.0 Å². The lowest BCUT2D eigenvalue weighted by Gasteiger charge is -2.14. The fraction of sp³-hybridized carbons (Fsp3) is 0.364. The van der Waals surface area contributed by atoms with Crippen LogP contribution in [0.15, 0.2) is 24.3 Å². The van der Waals surface area contributed by atoms with Crippen molar-refractivity contribution in [3.05, 3.63) is 24.3 Å². The number of anilines is 1. The molecule has 0 bridgehead atoms. The number of halogens is 4. The topological polar surface area (TPSA) is 64.4 Å². The van der Waals surface area contributed by atoms with E-state index in [4.69, 9.17) is 5.73 Å². The van der Waals surface area contributed by atoms with Crippen molar-refractivity contribution < 1.29 is 22.7 Å². The van der Waals surface area contributed by atoms with Crippen LogP contribution >= 0.6 is 12.4 Å². The second-order valence-corrected chi connectivity index (χ2v) is 3.68. The lowest BCUT2D eigenvalue weighted by atomic mass is 10.2. The van der Waals surface area contributed by atoms with Crippen molar-refractivity contribution in [1.29, 1.82) is 0 Å². The first-order valence-corrected chi connectivity index (χ1v) is 5.14. The third-order valence-corrected chi connectivity index (χ3v) is 1.95. The maximum atomic E-state index is 12.0. The van der Waals surface area contributed by atoms with Crippen LogP contribution in [0.4, 0.5) is 18.9 Å². The molecule has 0 aliphatic carbocycles. The molecular weight excluding hydrogens is 285 g/mol. The van der Waals surface area contributed by atoms with Crippen LogP contribution in [0.25, 0.3) is 0 Å². The molecule has 0 aliphatic heterocycles. The van der Waals surface area contributed by atoms with Crippen LogP contribution < -0.4 is 15.8 Å². The molecule has 8 heteroatoms. The van der Waals surface area contributed by atoms with Gasteiger partial charge in [-0.1, -0.05) is 12.1 Å². The minimum absolute atomic E-state index is 0. The van der Waals surface area contributed by atoms with Crippen LogP contribution in [-0.2, 0) is 4.79 Å². The molecule has 19 heavy (non-hydrogen) atoms. The molecule has 1 aromatic carbocycles. The second-order valence-electron chi connectivity index (χ2n) is 3.68. The van der Waals surface area contributed by atoms with Crippen molar-refractivity contribution in [3.63, 3.8) is 0 Å². The van der Waals surface area contributed by atoms with E-state index in [2.05, 4.69) is 10.1 Å². The number of nitrogens with two attached hydrogens (primary N) is 1. The highest BCUT2D eigenvalue weighted by molar-refractivity contribution is 5.95. The minimum atomic E-state index is -4.43. The number of amides is 1. The Morgan fingerprint density at radius 1 is 1.42 bits per heavy atom. The zero-order chi connectivity index (χ0) is 13.8. The molecule has 0 fully saturated rings. The number of carbonyl (C=O) groups excluding carboxylic acids is 1. The van der Waals surface area contributed by atoms with E-state index in [1.54, 1.807) is 6.07 Å². The van der Waals surface area contributed by atoms with Crippen LogP contribution in [0, 0.1) is 0 Å². The summed E-state index contributed by atoms with van der Waals surface area (Å²) in [6.07, 6.45) is -4.43. The molecule has 0 spiro atoms. The first-order chi connectivity index (χ1) is 8.29. The van der Waals surface area contributed by atoms with Gasteiger partial charge in [-0.25, -0.2) is 0 Å². The number of ether oxygens (including phenoxy) is 1. The first kappa shape index (κ1) is 17.5. The van der Waals surface area contributed by atoms with Gasteiger partial charge in [0.15, 0.2) is 6.61 Å². The number of rotatable bonds is 4. The molecule has 1 amide bonds. The molecule has 1 rings (SSSR count). The second kappa shape index (κ2) is 7.20. The zero-order valence-electron chi connectivity index (χ0n) is 10.0. The van der Waals surface area contributed by atoms with Gasteiger partial charge in [-0.3, -0.25) is 4.79 Å². The number of hydrogen-bond acceptors (Lipinski definition) is 3. The number of para-hydroxylation sites is 2. The maximum absolute atomic E-state index is 12.0. The van der Waals surface area contributed by atoms with Gasteiger partial charge in [0.2, 0.25) is 5.91 Å². The van der Waals surface area contributed by atoms with E-state index >= 15 is 0 Å². The Hall–Kier alpha value is -1.47. The Bertz CT molecular complexity index is 425. The maximum Gasteiger partial charge on any atom is 0.422 e. The fourth-order valence-electron chi connectivity index (χ4n) is 1.10. The van der Waals surface area contributed by atoms with Crippen LogP contribution in [0.5, 0.6) is 5.75 Å². The average Bonchev–Trinajstić information content (AvgIpc) is 2.26. The largest absolute Gasteiger partial charge is 0.482 e. The van der Waals surface area contributed by atoms with Gasteiger partial charge in [0.05, 0.1) is 11.7 Å². The molecule has 1 atom stereocenters.